The first kappa shape index (κ1) is 12.8. The van der Waals surface area contributed by atoms with Crippen LogP contribution in [0.5, 0.6) is 0 Å². The molecular formula is C14H18N2O2. The number of ether oxygens (including phenoxy) is 1. The molecule has 0 spiro atoms. The van der Waals surface area contributed by atoms with Crippen molar-refractivity contribution < 1.29 is 9.53 Å². The first-order valence-electron chi connectivity index (χ1n) is 6.50. The third kappa shape index (κ3) is 2.17. The maximum Gasteiger partial charge on any atom is 0.335 e. The van der Waals surface area contributed by atoms with E-state index < -0.39 is 0 Å². The molecule has 18 heavy (non-hydrogen) atoms. The van der Waals surface area contributed by atoms with Crippen molar-refractivity contribution in [2.24, 2.45) is 22.7 Å². The molecule has 0 bridgehead atoms. The van der Waals surface area contributed by atoms with Gasteiger partial charge in [-0.25, -0.2) is 4.79 Å². The summed E-state index contributed by atoms with van der Waals surface area (Å²) in [6.45, 7) is 4.00. The second-order valence-electron chi connectivity index (χ2n) is 4.90. The minimum Gasteiger partial charge on any atom is -0.463 e. The Morgan fingerprint density at radius 1 is 1.61 bits per heavy atom. The van der Waals surface area contributed by atoms with Crippen molar-refractivity contribution >= 4 is 11.7 Å². The van der Waals surface area contributed by atoms with Crippen molar-refractivity contribution in [3.63, 3.8) is 0 Å². The average Bonchev–Trinajstić information content (AvgIpc) is 2.27. The molecule has 1 aliphatic carbocycles. The lowest BCUT2D eigenvalue weighted by molar-refractivity contribution is -0.139. The van der Waals surface area contributed by atoms with Crippen molar-refractivity contribution in [1.29, 1.82) is 5.26 Å². The van der Waals surface area contributed by atoms with Crippen LogP contribution in [0, 0.1) is 29.1 Å². The van der Waals surface area contributed by atoms with Crippen molar-refractivity contribution in [1.82, 2.24) is 0 Å². The van der Waals surface area contributed by atoms with Crippen LogP contribution in [-0.4, -0.2) is 18.3 Å². The first-order chi connectivity index (χ1) is 8.69. The Bertz CT molecular complexity index is 441. The first-order valence-corrected chi connectivity index (χ1v) is 6.50. The van der Waals surface area contributed by atoms with E-state index >= 15 is 0 Å². The molecule has 1 saturated carbocycles. The fourth-order valence-corrected chi connectivity index (χ4v) is 2.68. The van der Waals surface area contributed by atoms with Crippen molar-refractivity contribution in [3.8, 4) is 6.07 Å². The Morgan fingerprint density at radius 3 is 2.83 bits per heavy atom. The standard InChI is InChI=1S/C14H18N2O2/c1-3-18-14(17)12-8-16-9(2)11(7-15)13(12)10-5-4-6-10/h8,10-11,13H,3-6H2,1-2H3/t11?,13-/m1/s1. The van der Waals surface area contributed by atoms with Crippen molar-refractivity contribution in [2.45, 2.75) is 33.1 Å². The number of nitrogens with zero attached hydrogens (tertiary/aromatic N) is 2. The van der Waals surface area contributed by atoms with Crippen LogP contribution in [0.3, 0.4) is 0 Å². The second kappa shape index (κ2) is 5.34. The lowest BCUT2D eigenvalue weighted by Gasteiger charge is -2.38. The van der Waals surface area contributed by atoms with Crippen LogP contribution in [0.15, 0.2) is 16.8 Å². The SMILES string of the molecule is CCOC(=O)C1=CN=C(C)C(C#N)[C@H]1C1CCC1. The van der Waals surface area contributed by atoms with Crippen LogP contribution in [-0.2, 0) is 9.53 Å². The highest BCUT2D eigenvalue weighted by Gasteiger charge is 2.41. The molecule has 2 atom stereocenters. The zero-order valence-corrected chi connectivity index (χ0v) is 10.8. The molecule has 0 aromatic heterocycles. The van der Waals surface area contributed by atoms with Gasteiger partial charge >= 0.3 is 5.97 Å². The third-order valence-electron chi connectivity index (χ3n) is 3.88. The summed E-state index contributed by atoms with van der Waals surface area (Å²) in [5.74, 6) is -0.193. The number of aliphatic imine (C=N–C) groups is 1. The molecule has 4 heteroatoms. The fraction of sp³-hybridized carbons (Fsp3) is 0.643. The van der Waals surface area contributed by atoms with Gasteiger partial charge in [0.2, 0.25) is 0 Å². The minimum atomic E-state index is -0.314. The normalized spacial score (nSPS) is 27.6. The number of carbonyl (C=O) groups is 1. The van der Waals surface area contributed by atoms with Crippen LogP contribution < -0.4 is 0 Å². The van der Waals surface area contributed by atoms with Gasteiger partial charge in [-0.15, -0.1) is 0 Å². The summed E-state index contributed by atoms with van der Waals surface area (Å²) in [4.78, 5) is 16.1. The van der Waals surface area contributed by atoms with E-state index in [1.165, 1.54) is 6.42 Å². The molecule has 0 amide bonds. The van der Waals surface area contributed by atoms with Gasteiger partial charge in [-0.1, -0.05) is 6.42 Å². The predicted octanol–water partition coefficient (Wildman–Crippen LogP) is 2.46. The number of carbonyl (C=O) groups excluding carboxylic acids is 1. The summed E-state index contributed by atoms with van der Waals surface area (Å²) in [5, 5.41) is 9.32. The van der Waals surface area contributed by atoms with E-state index in [2.05, 4.69) is 11.1 Å². The number of rotatable bonds is 3. The molecule has 0 aromatic carbocycles. The molecule has 0 aromatic rings. The number of hydrogen-bond acceptors (Lipinski definition) is 4. The Kier molecular flexibility index (Phi) is 3.81. The molecule has 1 aliphatic heterocycles. The largest absolute Gasteiger partial charge is 0.463 e. The van der Waals surface area contributed by atoms with E-state index in [0.717, 1.165) is 18.6 Å². The number of hydrogen-bond donors (Lipinski definition) is 0. The Balaban J connectivity index is 2.29. The third-order valence-corrected chi connectivity index (χ3v) is 3.88. The van der Waals surface area contributed by atoms with E-state index in [1.807, 2.05) is 6.92 Å². The molecule has 2 rings (SSSR count). The lowest BCUT2D eigenvalue weighted by Crippen LogP contribution is -2.37. The Morgan fingerprint density at radius 2 is 2.33 bits per heavy atom. The quantitative estimate of drug-likeness (QED) is 0.718. The summed E-state index contributed by atoms with van der Waals surface area (Å²) < 4.78 is 5.07. The summed E-state index contributed by atoms with van der Waals surface area (Å²) in [7, 11) is 0. The number of nitriles is 1. The van der Waals surface area contributed by atoms with E-state index in [9.17, 15) is 10.1 Å². The van der Waals surface area contributed by atoms with Gasteiger partial charge in [-0.05, 0) is 32.6 Å². The zero-order valence-electron chi connectivity index (χ0n) is 10.8. The summed E-state index contributed by atoms with van der Waals surface area (Å²) in [6, 6.07) is 2.30. The van der Waals surface area contributed by atoms with Crippen molar-refractivity contribution in [2.75, 3.05) is 6.61 Å². The molecular weight excluding hydrogens is 228 g/mol. The molecule has 96 valence electrons. The zero-order chi connectivity index (χ0) is 13.1. The van der Waals surface area contributed by atoms with Gasteiger partial charge in [0.25, 0.3) is 0 Å². The van der Waals surface area contributed by atoms with Gasteiger partial charge in [0.05, 0.1) is 24.2 Å². The highest BCUT2D eigenvalue weighted by molar-refractivity contribution is 5.96. The van der Waals surface area contributed by atoms with Gasteiger partial charge in [0, 0.05) is 17.8 Å². The van der Waals surface area contributed by atoms with Gasteiger partial charge in [-0.2, -0.15) is 5.26 Å². The Labute approximate surface area is 107 Å². The molecule has 0 N–H and O–H groups in total. The molecule has 1 fully saturated rings. The van der Waals surface area contributed by atoms with Crippen molar-refractivity contribution in [3.05, 3.63) is 11.8 Å². The summed E-state index contributed by atoms with van der Waals surface area (Å²) in [5.41, 5.74) is 1.39. The van der Waals surface area contributed by atoms with Gasteiger partial charge in [0.15, 0.2) is 0 Å². The summed E-state index contributed by atoms with van der Waals surface area (Å²) in [6.07, 6.45) is 4.97. The van der Waals surface area contributed by atoms with E-state index in [0.29, 0.717) is 18.1 Å². The van der Waals surface area contributed by atoms with Gasteiger partial charge in [-0.3, -0.25) is 4.99 Å². The van der Waals surface area contributed by atoms with Crippen LogP contribution >= 0.6 is 0 Å². The van der Waals surface area contributed by atoms with Crippen LogP contribution in [0.1, 0.15) is 33.1 Å². The van der Waals surface area contributed by atoms with Gasteiger partial charge in [0.1, 0.15) is 0 Å². The van der Waals surface area contributed by atoms with Crippen LogP contribution in [0.4, 0.5) is 0 Å². The lowest BCUT2D eigenvalue weighted by atomic mass is 9.66. The monoisotopic (exact) mass is 246 g/mol. The van der Waals surface area contributed by atoms with Crippen LogP contribution in [0.25, 0.3) is 0 Å². The molecule has 0 saturated heterocycles. The smallest absolute Gasteiger partial charge is 0.335 e. The van der Waals surface area contributed by atoms with E-state index in [-0.39, 0.29) is 17.8 Å². The van der Waals surface area contributed by atoms with E-state index in [1.54, 1.807) is 13.1 Å². The molecule has 0 radical (unpaired) electrons. The van der Waals surface area contributed by atoms with Crippen LogP contribution in [0.2, 0.25) is 0 Å². The average molecular weight is 246 g/mol. The highest BCUT2D eigenvalue weighted by atomic mass is 16.5. The summed E-state index contributed by atoms with van der Waals surface area (Å²) >= 11 is 0. The minimum absolute atomic E-state index is 0.0275. The maximum atomic E-state index is 12.0. The Hall–Kier alpha value is -1.63. The molecule has 2 aliphatic rings. The second-order valence-corrected chi connectivity index (χ2v) is 4.90. The van der Waals surface area contributed by atoms with E-state index in [4.69, 9.17) is 4.74 Å². The van der Waals surface area contributed by atoms with Gasteiger partial charge < -0.3 is 4.74 Å². The predicted molar refractivity (Wildman–Crippen MR) is 67.8 cm³/mol. The molecule has 4 nitrogen and oxygen atoms in total. The highest BCUT2D eigenvalue weighted by Crippen LogP contribution is 2.43. The molecule has 1 heterocycles. The maximum absolute atomic E-state index is 12.0. The molecule has 1 unspecified atom stereocenters. The number of esters is 1. The topological polar surface area (TPSA) is 62.4 Å². The fourth-order valence-electron chi connectivity index (χ4n) is 2.68.